The zero-order valence-corrected chi connectivity index (χ0v) is 13.7. The Balaban J connectivity index is 1.72. The van der Waals surface area contributed by atoms with Crippen molar-refractivity contribution in [2.45, 2.75) is 25.8 Å². The summed E-state index contributed by atoms with van der Waals surface area (Å²) in [6.45, 7) is 3.16. The molecule has 1 aromatic rings. The van der Waals surface area contributed by atoms with Crippen LogP contribution in [0.25, 0.3) is 0 Å². The number of nitriles is 1. The first-order valence-corrected chi connectivity index (χ1v) is 7.96. The number of amides is 2. The number of ether oxygens (including phenoxy) is 2. The van der Waals surface area contributed by atoms with Crippen LogP contribution < -0.4 is 10.1 Å². The molecule has 2 rings (SSSR count). The number of carbonyl (C=O) groups is 2. The van der Waals surface area contributed by atoms with Crippen LogP contribution in [0.2, 0.25) is 0 Å². The standard InChI is InChI=1S/C17H21N3O4/c1-2-23-17(22)20-8-6-14(7-9-20)19-16(21)12-24-15-5-3-4-13(10-15)11-18/h3-5,10,14H,2,6-9,12H2,1H3,(H,19,21). The average Bonchev–Trinajstić information content (AvgIpc) is 2.61. The second kappa shape index (κ2) is 8.77. The Kier molecular flexibility index (Phi) is 6.43. The normalized spacial score (nSPS) is 14.6. The van der Waals surface area contributed by atoms with Gasteiger partial charge in [0.15, 0.2) is 6.61 Å². The van der Waals surface area contributed by atoms with Gasteiger partial charge in [0.05, 0.1) is 18.2 Å². The first-order valence-electron chi connectivity index (χ1n) is 7.96. The molecular weight excluding hydrogens is 310 g/mol. The van der Waals surface area contributed by atoms with Crippen LogP contribution >= 0.6 is 0 Å². The lowest BCUT2D eigenvalue weighted by molar-refractivity contribution is -0.124. The highest BCUT2D eigenvalue weighted by molar-refractivity contribution is 5.78. The Bertz CT molecular complexity index is 619. The quantitative estimate of drug-likeness (QED) is 0.886. The Labute approximate surface area is 141 Å². The van der Waals surface area contributed by atoms with Gasteiger partial charge in [0.2, 0.25) is 0 Å². The maximum atomic E-state index is 12.0. The third-order valence-electron chi connectivity index (χ3n) is 3.72. The third-order valence-corrected chi connectivity index (χ3v) is 3.72. The van der Waals surface area contributed by atoms with E-state index in [0.717, 1.165) is 0 Å². The fraction of sp³-hybridized carbons (Fsp3) is 0.471. The largest absolute Gasteiger partial charge is 0.484 e. The van der Waals surface area contributed by atoms with Crippen molar-refractivity contribution in [3.05, 3.63) is 29.8 Å². The Morgan fingerprint density at radius 2 is 2.12 bits per heavy atom. The molecule has 0 unspecified atom stereocenters. The van der Waals surface area contributed by atoms with Crippen molar-refractivity contribution in [1.29, 1.82) is 5.26 Å². The van der Waals surface area contributed by atoms with Gasteiger partial charge in [0, 0.05) is 19.1 Å². The topological polar surface area (TPSA) is 91.7 Å². The SMILES string of the molecule is CCOC(=O)N1CCC(NC(=O)COc2cccc(C#N)c2)CC1. The number of benzene rings is 1. The lowest BCUT2D eigenvalue weighted by Crippen LogP contribution is -2.47. The van der Waals surface area contributed by atoms with Gasteiger partial charge in [0.1, 0.15) is 5.75 Å². The molecule has 0 radical (unpaired) electrons. The van der Waals surface area contributed by atoms with Gasteiger partial charge in [-0.05, 0) is 38.0 Å². The molecule has 0 saturated carbocycles. The molecule has 1 aliphatic heterocycles. The molecule has 0 spiro atoms. The minimum atomic E-state index is -0.303. The van der Waals surface area contributed by atoms with E-state index >= 15 is 0 Å². The van der Waals surface area contributed by atoms with E-state index in [-0.39, 0.29) is 24.6 Å². The van der Waals surface area contributed by atoms with E-state index in [1.165, 1.54) is 0 Å². The molecular formula is C17H21N3O4. The van der Waals surface area contributed by atoms with Crippen LogP contribution in [0.3, 0.4) is 0 Å². The molecule has 1 saturated heterocycles. The van der Waals surface area contributed by atoms with Crippen molar-refractivity contribution in [2.75, 3.05) is 26.3 Å². The van der Waals surface area contributed by atoms with Crippen molar-refractivity contribution in [1.82, 2.24) is 10.2 Å². The molecule has 1 heterocycles. The van der Waals surface area contributed by atoms with Crippen molar-refractivity contribution in [2.24, 2.45) is 0 Å². The highest BCUT2D eigenvalue weighted by atomic mass is 16.6. The molecule has 7 heteroatoms. The van der Waals surface area contributed by atoms with Gasteiger partial charge in [0.25, 0.3) is 5.91 Å². The molecule has 7 nitrogen and oxygen atoms in total. The summed E-state index contributed by atoms with van der Waals surface area (Å²) in [6, 6.07) is 8.71. The maximum absolute atomic E-state index is 12.0. The van der Waals surface area contributed by atoms with E-state index in [0.29, 0.717) is 43.9 Å². The summed E-state index contributed by atoms with van der Waals surface area (Å²) in [4.78, 5) is 25.2. The summed E-state index contributed by atoms with van der Waals surface area (Å²) < 4.78 is 10.4. The average molecular weight is 331 g/mol. The first-order chi connectivity index (χ1) is 11.6. The number of likely N-dealkylation sites (tertiary alicyclic amines) is 1. The van der Waals surface area contributed by atoms with E-state index < -0.39 is 0 Å². The second-order valence-electron chi connectivity index (χ2n) is 5.46. The lowest BCUT2D eigenvalue weighted by Gasteiger charge is -2.31. The second-order valence-corrected chi connectivity index (χ2v) is 5.46. The molecule has 0 aliphatic carbocycles. The summed E-state index contributed by atoms with van der Waals surface area (Å²) in [7, 11) is 0. The van der Waals surface area contributed by atoms with Crippen LogP contribution in [-0.2, 0) is 9.53 Å². The lowest BCUT2D eigenvalue weighted by atomic mass is 10.1. The van der Waals surface area contributed by atoms with Crippen molar-refractivity contribution < 1.29 is 19.1 Å². The molecule has 0 atom stereocenters. The monoisotopic (exact) mass is 331 g/mol. The number of hydrogen-bond donors (Lipinski definition) is 1. The van der Waals surface area contributed by atoms with Crippen LogP contribution in [0, 0.1) is 11.3 Å². The summed E-state index contributed by atoms with van der Waals surface area (Å²) >= 11 is 0. The van der Waals surface area contributed by atoms with Crippen LogP contribution in [0.15, 0.2) is 24.3 Å². The predicted octanol–water partition coefficient (Wildman–Crippen LogP) is 1.67. The minimum absolute atomic E-state index is 0.0252. The minimum Gasteiger partial charge on any atom is -0.484 e. The van der Waals surface area contributed by atoms with E-state index in [1.54, 1.807) is 36.1 Å². The molecule has 0 bridgehead atoms. The smallest absolute Gasteiger partial charge is 0.409 e. The van der Waals surface area contributed by atoms with Crippen LogP contribution in [0.4, 0.5) is 4.79 Å². The molecule has 2 amide bonds. The molecule has 24 heavy (non-hydrogen) atoms. The van der Waals surface area contributed by atoms with Crippen molar-refractivity contribution in [3.63, 3.8) is 0 Å². The Hall–Kier alpha value is -2.75. The summed E-state index contributed by atoms with van der Waals surface area (Å²) in [5.74, 6) is 0.272. The van der Waals surface area contributed by atoms with Crippen molar-refractivity contribution in [3.8, 4) is 11.8 Å². The van der Waals surface area contributed by atoms with Gasteiger partial charge in [-0.3, -0.25) is 4.79 Å². The van der Waals surface area contributed by atoms with Gasteiger partial charge in [-0.25, -0.2) is 4.79 Å². The number of piperidine rings is 1. The molecule has 1 N–H and O–H groups in total. The summed E-state index contributed by atoms with van der Waals surface area (Å²) in [6.07, 6.45) is 1.08. The maximum Gasteiger partial charge on any atom is 0.409 e. The molecule has 0 aromatic heterocycles. The predicted molar refractivity (Wildman–Crippen MR) is 86.4 cm³/mol. The number of rotatable bonds is 5. The Morgan fingerprint density at radius 3 is 2.79 bits per heavy atom. The van der Waals surface area contributed by atoms with E-state index in [9.17, 15) is 9.59 Å². The fourth-order valence-electron chi connectivity index (χ4n) is 2.49. The van der Waals surface area contributed by atoms with Crippen molar-refractivity contribution >= 4 is 12.0 Å². The van der Waals surface area contributed by atoms with E-state index in [1.807, 2.05) is 6.07 Å². The molecule has 128 valence electrons. The zero-order chi connectivity index (χ0) is 17.4. The first kappa shape index (κ1) is 17.6. The summed E-state index contributed by atoms with van der Waals surface area (Å²) in [5.41, 5.74) is 0.485. The molecule has 1 aliphatic rings. The highest BCUT2D eigenvalue weighted by Crippen LogP contribution is 2.13. The van der Waals surface area contributed by atoms with Crippen LogP contribution in [0.5, 0.6) is 5.75 Å². The summed E-state index contributed by atoms with van der Waals surface area (Å²) in [5, 5.41) is 11.7. The zero-order valence-electron chi connectivity index (χ0n) is 13.7. The molecule has 1 aromatic carbocycles. The van der Waals surface area contributed by atoms with Gasteiger partial charge >= 0.3 is 6.09 Å². The van der Waals surface area contributed by atoms with Crippen LogP contribution in [0.1, 0.15) is 25.3 Å². The number of carbonyl (C=O) groups excluding carboxylic acids is 2. The van der Waals surface area contributed by atoms with Gasteiger partial charge in [-0.1, -0.05) is 6.07 Å². The third kappa shape index (κ3) is 5.16. The fourth-order valence-corrected chi connectivity index (χ4v) is 2.49. The highest BCUT2D eigenvalue weighted by Gasteiger charge is 2.24. The van der Waals surface area contributed by atoms with Gasteiger partial charge in [-0.15, -0.1) is 0 Å². The number of nitrogens with zero attached hydrogens (tertiary/aromatic N) is 2. The van der Waals surface area contributed by atoms with Crippen LogP contribution in [-0.4, -0.2) is 49.2 Å². The van der Waals surface area contributed by atoms with Gasteiger partial charge < -0.3 is 19.7 Å². The van der Waals surface area contributed by atoms with E-state index in [4.69, 9.17) is 14.7 Å². The van der Waals surface area contributed by atoms with E-state index in [2.05, 4.69) is 5.32 Å². The number of nitrogens with one attached hydrogen (secondary N) is 1. The Morgan fingerprint density at radius 1 is 1.38 bits per heavy atom. The molecule has 1 fully saturated rings. The number of hydrogen-bond acceptors (Lipinski definition) is 5. The van der Waals surface area contributed by atoms with Gasteiger partial charge in [-0.2, -0.15) is 5.26 Å².